The molecule has 0 radical (unpaired) electrons. The van der Waals surface area contributed by atoms with Crippen molar-refractivity contribution in [3.63, 3.8) is 0 Å². The molecule has 1 aliphatic rings. The van der Waals surface area contributed by atoms with Gasteiger partial charge in [-0.2, -0.15) is 4.98 Å². The summed E-state index contributed by atoms with van der Waals surface area (Å²) in [5, 5.41) is 39.5. The van der Waals surface area contributed by atoms with Gasteiger partial charge in [-0.1, -0.05) is 44.1 Å². The van der Waals surface area contributed by atoms with Crippen LogP contribution in [0.3, 0.4) is 0 Å². The minimum Gasteiger partial charge on any atom is -0.390 e. The highest BCUT2D eigenvalue weighted by Crippen LogP contribution is 2.34. The topological polar surface area (TPSA) is 142 Å². The van der Waals surface area contributed by atoms with Crippen LogP contribution in [0.25, 0.3) is 0 Å². The van der Waals surface area contributed by atoms with Crippen molar-refractivity contribution < 1.29 is 24.6 Å². The van der Waals surface area contributed by atoms with Crippen molar-refractivity contribution in [1.29, 1.82) is 0 Å². The van der Waals surface area contributed by atoms with E-state index in [-0.39, 0.29) is 11.0 Å². The van der Waals surface area contributed by atoms with Gasteiger partial charge in [-0.15, -0.1) is 0 Å². The Balaban J connectivity index is 0.000000977. The highest BCUT2D eigenvalue weighted by molar-refractivity contribution is 7.99. The van der Waals surface area contributed by atoms with E-state index in [1.54, 1.807) is 0 Å². The summed E-state index contributed by atoms with van der Waals surface area (Å²) >= 11 is 7.19. The SMILES string of the molecule is CC.CC(C)(O)O.CCCSc1nc(Cl)c([N+](=O)[O-])c(N[C@H]2CC[C@@H](O)[C@H]2F)n1. The molecule has 0 spiro atoms. The molecule has 29 heavy (non-hydrogen) atoms. The Morgan fingerprint density at radius 2 is 1.90 bits per heavy atom. The van der Waals surface area contributed by atoms with E-state index in [4.69, 9.17) is 21.8 Å². The minimum absolute atomic E-state index is 0.106. The molecule has 0 saturated heterocycles. The first kappa shape index (κ1) is 27.7. The van der Waals surface area contributed by atoms with E-state index < -0.39 is 34.7 Å². The van der Waals surface area contributed by atoms with Crippen molar-refractivity contribution in [2.45, 2.75) is 83.1 Å². The molecule has 12 heteroatoms. The van der Waals surface area contributed by atoms with Crippen LogP contribution in [0.2, 0.25) is 5.15 Å². The highest BCUT2D eigenvalue weighted by atomic mass is 35.5. The van der Waals surface area contributed by atoms with Crippen molar-refractivity contribution in [1.82, 2.24) is 9.97 Å². The first-order chi connectivity index (χ1) is 13.4. The van der Waals surface area contributed by atoms with Gasteiger partial charge in [0, 0.05) is 5.75 Å². The molecule has 0 aliphatic heterocycles. The van der Waals surface area contributed by atoms with Gasteiger partial charge >= 0.3 is 5.69 Å². The number of rotatable bonds is 6. The van der Waals surface area contributed by atoms with Crippen LogP contribution < -0.4 is 5.32 Å². The fourth-order valence-electron chi connectivity index (χ4n) is 2.19. The molecular formula is C17H30ClFN4O5S. The van der Waals surface area contributed by atoms with Crippen LogP contribution in [0, 0.1) is 10.1 Å². The zero-order valence-electron chi connectivity index (χ0n) is 17.2. The second kappa shape index (κ2) is 13.1. The maximum absolute atomic E-state index is 13.8. The van der Waals surface area contributed by atoms with E-state index in [0.29, 0.717) is 18.0 Å². The molecule has 1 aromatic heterocycles. The van der Waals surface area contributed by atoms with Gasteiger partial charge in [0.1, 0.15) is 6.17 Å². The third-order valence-electron chi connectivity index (χ3n) is 3.29. The minimum atomic E-state index is -1.50. The third kappa shape index (κ3) is 10.4. The number of alkyl halides is 1. The molecule has 0 bridgehead atoms. The Morgan fingerprint density at radius 1 is 1.34 bits per heavy atom. The quantitative estimate of drug-likeness (QED) is 0.126. The Morgan fingerprint density at radius 3 is 2.31 bits per heavy atom. The lowest BCUT2D eigenvalue weighted by Crippen LogP contribution is -2.31. The second-order valence-electron chi connectivity index (χ2n) is 6.43. The molecule has 2 rings (SSSR count). The molecule has 0 aromatic carbocycles. The van der Waals surface area contributed by atoms with E-state index in [1.165, 1.54) is 25.6 Å². The largest absolute Gasteiger partial charge is 0.390 e. The normalized spacial score (nSPS) is 20.8. The summed E-state index contributed by atoms with van der Waals surface area (Å²) in [6.07, 6.45) is -1.03. The summed E-state index contributed by atoms with van der Waals surface area (Å²) in [5.41, 5.74) is -0.476. The summed E-state index contributed by atoms with van der Waals surface area (Å²) in [6, 6.07) is -0.733. The van der Waals surface area contributed by atoms with E-state index in [9.17, 15) is 19.6 Å². The summed E-state index contributed by atoms with van der Waals surface area (Å²) in [5.74, 6) is -0.869. The Labute approximate surface area is 179 Å². The molecule has 4 N–H and O–H groups in total. The molecule has 1 aliphatic carbocycles. The number of hydrogen-bond acceptors (Lipinski definition) is 9. The summed E-state index contributed by atoms with van der Waals surface area (Å²) in [6.45, 7) is 8.58. The first-order valence-electron chi connectivity index (χ1n) is 9.32. The lowest BCUT2D eigenvalue weighted by atomic mass is 10.2. The number of nitrogens with one attached hydrogen (secondary N) is 1. The summed E-state index contributed by atoms with van der Waals surface area (Å²) in [4.78, 5) is 18.4. The van der Waals surface area contributed by atoms with Crippen LogP contribution >= 0.6 is 23.4 Å². The van der Waals surface area contributed by atoms with Crippen molar-refractivity contribution in [2.75, 3.05) is 11.1 Å². The molecule has 0 unspecified atom stereocenters. The van der Waals surface area contributed by atoms with Gasteiger partial charge in [0.05, 0.1) is 17.1 Å². The van der Waals surface area contributed by atoms with Gasteiger partial charge in [0.2, 0.25) is 11.0 Å². The molecule has 168 valence electrons. The van der Waals surface area contributed by atoms with Gasteiger partial charge in [-0.25, -0.2) is 9.37 Å². The van der Waals surface area contributed by atoms with E-state index in [1.807, 2.05) is 20.8 Å². The van der Waals surface area contributed by atoms with E-state index in [0.717, 1.165) is 12.2 Å². The van der Waals surface area contributed by atoms with Crippen LogP contribution in [0.5, 0.6) is 0 Å². The van der Waals surface area contributed by atoms with Gasteiger partial charge in [-0.3, -0.25) is 10.1 Å². The fraction of sp³-hybridized carbons (Fsp3) is 0.765. The Bertz CT molecular complexity index is 645. The first-order valence-corrected chi connectivity index (χ1v) is 10.7. The number of nitrogens with zero attached hydrogens (tertiary/aromatic N) is 3. The zero-order valence-corrected chi connectivity index (χ0v) is 18.8. The monoisotopic (exact) mass is 456 g/mol. The number of aromatic nitrogens is 2. The van der Waals surface area contributed by atoms with Gasteiger partial charge in [0.25, 0.3) is 0 Å². The van der Waals surface area contributed by atoms with Gasteiger partial charge < -0.3 is 20.6 Å². The number of halogens is 2. The molecule has 0 amide bonds. The lowest BCUT2D eigenvalue weighted by molar-refractivity contribution is -0.384. The third-order valence-corrected chi connectivity index (χ3v) is 4.60. The average molecular weight is 457 g/mol. The molecule has 1 aromatic rings. The van der Waals surface area contributed by atoms with Gasteiger partial charge in [0.15, 0.2) is 10.9 Å². The number of aliphatic hydroxyl groups excluding tert-OH is 1. The molecule has 9 nitrogen and oxygen atoms in total. The predicted octanol–water partition coefficient (Wildman–Crippen LogP) is 3.55. The second-order valence-corrected chi connectivity index (χ2v) is 7.85. The maximum Gasteiger partial charge on any atom is 0.348 e. The number of hydrogen-bond donors (Lipinski definition) is 4. The van der Waals surface area contributed by atoms with Crippen LogP contribution in [-0.4, -0.2) is 60.1 Å². The van der Waals surface area contributed by atoms with Crippen molar-refractivity contribution in [3.05, 3.63) is 15.3 Å². The van der Waals surface area contributed by atoms with Gasteiger partial charge in [-0.05, 0) is 33.1 Å². The summed E-state index contributed by atoms with van der Waals surface area (Å²) in [7, 11) is 0. The predicted molar refractivity (Wildman–Crippen MR) is 112 cm³/mol. The number of aliphatic hydroxyl groups is 3. The maximum atomic E-state index is 13.8. The van der Waals surface area contributed by atoms with Crippen molar-refractivity contribution in [2.24, 2.45) is 0 Å². The zero-order chi connectivity index (χ0) is 22.8. The van der Waals surface area contributed by atoms with Crippen molar-refractivity contribution >= 4 is 34.9 Å². The fourth-order valence-corrected chi connectivity index (χ4v) is 3.18. The van der Waals surface area contributed by atoms with Crippen molar-refractivity contribution in [3.8, 4) is 0 Å². The van der Waals surface area contributed by atoms with Crippen LogP contribution in [0.4, 0.5) is 15.9 Å². The highest BCUT2D eigenvalue weighted by Gasteiger charge is 2.37. The smallest absolute Gasteiger partial charge is 0.348 e. The Kier molecular flexibility index (Phi) is 12.5. The van der Waals surface area contributed by atoms with E-state index >= 15 is 0 Å². The van der Waals surface area contributed by atoms with Crippen LogP contribution in [0.1, 0.15) is 53.9 Å². The number of anilines is 1. The molecule has 3 atom stereocenters. The molecule has 1 heterocycles. The molecule has 1 saturated carbocycles. The lowest BCUT2D eigenvalue weighted by Gasteiger charge is -2.17. The Hall–Kier alpha value is -1.27. The number of nitro groups is 1. The van der Waals surface area contributed by atoms with E-state index in [2.05, 4.69) is 15.3 Å². The standard InChI is InChI=1S/C12H16ClFN4O3S.C3H8O2.C2H6/c1-2-5-22-12-16-10(13)9(18(20)21)11(17-12)15-6-3-4-7(19)8(6)14;1-3(2,4)5;1-2/h6-8,19H,2-5H2,1H3,(H,15,16,17);4-5H,1-2H3;1-2H3/t6-,7+,8-;;/m0../s1. The summed E-state index contributed by atoms with van der Waals surface area (Å²) < 4.78 is 13.8. The molecule has 1 fully saturated rings. The number of thioether (sulfide) groups is 1. The molecular weight excluding hydrogens is 427 g/mol. The average Bonchev–Trinajstić information content (AvgIpc) is 2.91. The van der Waals surface area contributed by atoms with Crippen LogP contribution in [-0.2, 0) is 0 Å². The van der Waals surface area contributed by atoms with Crippen LogP contribution in [0.15, 0.2) is 5.16 Å².